The summed E-state index contributed by atoms with van der Waals surface area (Å²) in [5.41, 5.74) is 3.59. The van der Waals surface area contributed by atoms with Crippen LogP contribution >= 0.6 is 11.6 Å². The highest BCUT2D eigenvalue weighted by molar-refractivity contribution is 6.34. The van der Waals surface area contributed by atoms with Crippen molar-refractivity contribution in [3.8, 4) is 16.9 Å². The number of nitrogens with one attached hydrogen (secondary N) is 3. The zero-order valence-electron chi connectivity index (χ0n) is 15.7. The molecule has 4 rings (SSSR count). The first kappa shape index (κ1) is 18.8. The summed E-state index contributed by atoms with van der Waals surface area (Å²) in [5, 5.41) is 14.1. The lowest BCUT2D eigenvalue weighted by molar-refractivity contribution is 0.251. The first-order valence-electron chi connectivity index (χ1n) is 9.05. The number of nitrogens with zero attached hydrogens (tertiary/aromatic N) is 1. The van der Waals surface area contributed by atoms with Crippen LogP contribution < -0.4 is 15.4 Å². The van der Waals surface area contributed by atoms with E-state index in [1.165, 1.54) is 0 Å². The van der Waals surface area contributed by atoms with E-state index in [4.69, 9.17) is 16.3 Å². The summed E-state index contributed by atoms with van der Waals surface area (Å²) in [5.74, 6) is 1.22. The average Bonchev–Trinajstić information content (AvgIpc) is 3.14. The molecule has 0 saturated heterocycles. The minimum atomic E-state index is -0.342. The third-order valence-electron chi connectivity index (χ3n) is 4.58. The Morgan fingerprint density at radius 2 is 1.86 bits per heavy atom. The van der Waals surface area contributed by atoms with Gasteiger partial charge in [0.25, 0.3) is 0 Å². The van der Waals surface area contributed by atoms with Crippen LogP contribution in [-0.2, 0) is 6.54 Å². The molecule has 1 heterocycles. The van der Waals surface area contributed by atoms with Crippen molar-refractivity contribution >= 4 is 34.4 Å². The Hall–Kier alpha value is -3.51. The van der Waals surface area contributed by atoms with Crippen LogP contribution in [0.4, 0.5) is 10.6 Å². The van der Waals surface area contributed by atoms with Gasteiger partial charge in [-0.2, -0.15) is 5.10 Å². The first-order chi connectivity index (χ1) is 14.1. The Bertz CT molecular complexity index is 1140. The number of amides is 2. The van der Waals surface area contributed by atoms with Gasteiger partial charge in [-0.15, -0.1) is 0 Å². The predicted molar refractivity (Wildman–Crippen MR) is 115 cm³/mol. The lowest BCUT2D eigenvalue weighted by Crippen LogP contribution is -2.28. The fraction of sp³-hybridized carbons (Fsp3) is 0.0909. The highest BCUT2D eigenvalue weighted by Crippen LogP contribution is 2.33. The smallest absolute Gasteiger partial charge is 0.320 e. The number of hydrogen-bond acceptors (Lipinski definition) is 3. The molecule has 0 atom stereocenters. The van der Waals surface area contributed by atoms with Crippen molar-refractivity contribution < 1.29 is 9.53 Å². The maximum Gasteiger partial charge on any atom is 0.320 e. The molecule has 0 fully saturated rings. The van der Waals surface area contributed by atoms with Crippen LogP contribution in [0.1, 0.15) is 5.56 Å². The number of benzene rings is 3. The lowest BCUT2D eigenvalue weighted by atomic mass is 10.0. The topological polar surface area (TPSA) is 79.0 Å². The second kappa shape index (κ2) is 8.24. The van der Waals surface area contributed by atoms with E-state index in [0.29, 0.717) is 17.4 Å². The van der Waals surface area contributed by atoms with Crippen LogP contribution in [0.3, 0.4) is 0 Å². The predicted octanol–water partition coefficient (Wildman–Crippen LogP) is 5.21. The van der Waals surface area contributed by atoms with Crippen molar-refractivity contribution in [2.75, 3.05) is 12.4 Å². The van der Waals surface area contributed by atoms with Gasteiger partial charge >= 0.3 is 6.03 Å². The number of urea groups is 1. The zero-order valence-corrected chi connectivity index (χ0v) is 16.5. The molecule has 6 nitrogen and oxygen atoms in total. The van der Waals surface area contributed by atoms with Crippen LogP contribution in [0.5, 0.6) is 5.75 Å². The number of hydrogen-bond donors (Lipinski definition) is 3. The fourth-order valence-electron chi connectivity index (χ4n) is 3.05. The monoisotopic (exact) mass is 406 g/mol. The van der Waals surface area contributed by atoms with E-state index in [2.05, 4.69) is 20.8 Å². The standard InChI is InChI=1S/C22H19ClN4O2/c1-29-16-9-7-14(8-10-16)13-24-22(28)25-21-18-11-17(15-5-3-2-4-6-15)19(23)12-20(18)26-27-21/h2-12H,13H2,1H3,(H3,24,25,26,27,28). The van der Waals surface area contributed by atoms with Gasteiger partial charge in [0, 0.05) is 17.5 Å². The highest BCUT2D eigenvalue weighted by atomic mass is 35.5. The van der Waals surface area contributed by atoms with Crippen molar-refractivity contribution in [1.82, 2.24) is 15.5 Å². The van der Waals surface area contributed by atoms with E-state index in [9.17, 15) is 4.79 Å². The molecule has 3 N–H and O–H groups in total. The van der Waals surface area contributed by atoms with Crippen molar-refractivity contribution in [3.05, 3.63) is 77.3 Å². The van der Waals surface area contributed by atoms with E-state index in [0.717, 1.165) is 33.3 Å². The molecule has 7 heteroatoms. The van der Waals surface area contributed by atoms with Gasteiger partial charge in [0.2, 0.25) is 0 Å². The zero-order chi connectivity index (χ0) is 20.2. The van der Waals surface area contributed by atoms with Crippen molar-refractivity contribution in [3.63, 3.8) is 0 Å². The number of aromatic amines is 1. The third-order valence-corrected chi connectivity index (χ3v) is 4.89. The fourth-order valence-corrected chi connectivity index (χ4v) is 3.32. The summed E-state index contributed by atoms with van der Waals surface area (Å²) in [6.07, 6.45) is 0. The summed E-state index contributed by atoms with van der Waals surface area (Å²) >= 11 is 6.44. The Kier molecular flexibility index (Phi) is 5.35. The van der Waals surface area contributed by atoms with E-state index in [1.807, 2.05) is 66.7 Å². The van der Waals surface area contributed by atoms with Gasteiger partial charge in [0.15, 0.2) is 5.82 Å². The van der Waals surface area contributed by atoms with Crippen LogP contribution in [0.25, 0.3) is 22.0 Å². The molecule has 0 unspecified atom stereocenters. The van der Waals surface area contributed by atoms with Gasteiger partial charge in [-0.3, -0.25) is 10.4 Å². The highest BCUT2D eigenvalue weighted by Gasteiger charge is 2.13. The number of aromatic nitrogens is 2. The molecule has 4 aromatic rings. The van der Waals surface area contributed by atoms with Crippen molar-refractivity contribution in [2.45, 2.75) is 6.54 Å². The molecule has 0 bridgehead atoms. The Morgan fingerprint density at radius 1 is 1.10 bits per heavy atom. The molecule has 1 aromatic heterocycles. The number of halogens is 1. The van der Waals surface area contributed by atoms with Gasteiger partial charge in [0.1, 0.15) is 5.75 Å². The van der Waals surface area contributed by atoms with Crippen LogP contribution in [0, 0.1) is 0 Å². The Balaban J connectivity index is 1.50. The second-order valence-corrected chi connectivity index (χ2v) is 6.88. The number of H-pyrrole nitrogens is 1. The SMILES string of the molecule is COc1ccc(CNC(=O)Nc2n[nH]c3cc(Cl)c(-c4ccccc4)cc23)cc1. The molecule has 0 aliphatic carbocycles. The van der Waals surface area contributed by atoms with Crippen molar-refractivity contribution in [2.24, 2.45) is 0 Å². The molecular weight excluding hydrogens is 388 g/mol. The van der Waals surface area contributed by atoms with Crippen LogP contribution in [0.15, 0.2) is 66.7 Å². The van der Waals surface area contributed by atoms with E-state index in [1.54, 1.807) is 7.11 Å². The molecule has 0 radical (unpaired) electrons. The molecule has 146 valence electrons. The largest absolute Gasteiger partial charge is 0.497 e. The number of anilines is 1. The number of rotatable bonds is 5. The number of carbonyl (C=O) groups excluding carboxylic acids is 1. The second-order valence-electron chi connectivity index (χ2n) is 6.47. The molecule has 3 aromatic carbocycles. The first-order valence-corrected chi connectivity index (χ1v) is 9.42. The lowest BCUT2D eigenvalue weighted by Gasteiger charge is -2.08. The number of ether oxygens (including phenoxy) is 1. The minimum Gasteiger partial charge on any atom is -0.497 e. The molecular formula is C22H19ClN4O2. The average molecular weight is 407 g/mol. The normalized spacial score (nSPS) is 10.7. The van der Waals surface area contributed by atoms with Crippen LogP contribution in [-0.4, -0.2) is 23.3 Å². The molecule has 0 spiro atoms. The van der Waals surface area contributed by atoms with Gasteiger partial charge in [-0.05, 0) is 35.4 Å². The van der Waals surface area contributed by atoms with Gasteiger partial charge in [-0.25, -0.2) is 4.79 Å². The quantitative estimate of drug-likeness (QED) is 0.425. The molecule has 0 saturated carbocycles. The van der Waals surface area contributed by atoms with E-state index < -0.39 is 0 Å². The maximum atomic E-state index is 12.3. The van der Waals surface area contributed by atoms with Gasteiger partial charge in [0.05, 0.1) is 17.6 Å². The summed E-state index contributed by atoms with van der Waals surface area (Å²) in [6.45, 7) is 0.388. The Labute approximate surface area is 172 Å². The van der Waals surface area contributed by atoms with E-state index in [-0.39, 0.29) is 6.03 Å². The minimum absolute atomic E-state index is 0.342. The molecule has 0 aliphatic heterocycles. The Morgan fingerprint density at radius 3 is 2.59 bits per heavy atom. The van der Waals surface area contributed by atoms with Gasteiger partial charge < -0.3 is 10.1 Å². The van der Waals surface area contributed by atoms with Gasteiger partial charge in [-0.1, -0.05) is 54.1 Å². The number of fused-ring (bicyclic) bond motifs is 1. The molecule has 0 aliphatic rings. The summed E-state index contributed by atoms with van der Waals surface area (Å²) in [7, 11) is 1.62. The van der Waals surface area contributed by atoms with Crippen molar-refractivity contribution in [1.29, 1.82) is 0 Å². The number of carbonyl (C=O) groups is 1. The summed E-state index contributed by atoms with van der Waals surface area (Å²) in [6, 6.07) is 20.7. The molecule has 2 amide bonds. The van der Waals surface area contributed by atoms with E-state index >= 15 is 0 Å². The maximum absolute atomic E-state index is 12.3. The molecule has 29 heavy (non-hydrogen) atoms. The van der Waals surface area contributed by atoms with Crippen LogP contribution in [0.2, 0.25) is 5.02 Å². The summed E-state index contributed by atoms with van der Waals surface area (Å²) in [4.78, 5) is 12.3. The summed E-state index contributed by atoms with van der Waals surface area (Å²) < 4.78 is 5.13. The third kappa shape index (κ3) is 4.17. The number of methoxy groups -OCH3 is 1.